The zero-order valence-electron chi connectivity index (χ0n) is 14.8. The van der Waals surface area contributed by atoms with E-state index in [2.05, 4.69) is 10.1 Å². The zero-order chi connectivity index (χ0) is 18.9. The van der Waals surface area contributed by atoms with Crippen LogP contribution in [0.5, 0.6) is 5.75 Å². The molecule has 0 aliphatic carbocycles. The summed E-state index contributed by atoms with van der Waals surface area (Å²) in [6.07, 6.45) is 1.82. The van der Waals surface area contributed by atoms with E-state index in [-0.39, 0.29) is 4.90 Å². The summed E-state index contributed by atoms with van der Waals surface area (Å²) in [6.45, 7) is 1.16. The third kappa shape index (κ3) is 3.33. The van der Waals surface area contributed by atoms with Gasteiger partial charge in [0.05, 0.1) is 17.6 Å². The molecule has 2 heterocycles. The van der Waals surface area contributed by atoms with Gasteiger partial charge in [-0.3, -0.25) is 0 Å². The molecule has 0 unspecified atom stereocenters. The third-order valence-corrected chi connectivity index (χ3v) is 6.49. The van der Waals surface area contributed by atoms with Crippen molar-refractivity contribution in [3.63, 3.8) is 0 Å². The van der Waals surface area contributed by atoms with Crippen molar-refractivity contribution in [1.29, 1.82) is 0 Å². The smallest absolute Gasteiger partial charge is 0.262 e. The minimum Gasteiger partial charge on any atom is -0.496 e. The second-order valence-corrected chi connectivity index (χ2v) is 8.20. The van der Waals surface area contributed by atoms with Crippen LogP contribution in [0.25, 0.3) is 22.8 Å². The number of para-hydroxylation sites is 1. The molecule has 0 spiro atoms. The van der Waals surface area contributed by atoms with Crippen LogP contribution < -0.4 is 4.74 Å². The van der Waals surface area contributed by atoms with E-state index in [1.165, 1.54) is 4.31 Å². The molecule has 1 saturated heterocycles. The normalized spacial score (nSPS) is 15.1. The number of sulfonamides is 1. The Labute approximate surface area is 157 Å². The first-order valence-corrected chi connectivity index (χ1v) is 10.1. The number of hydrogen-bond acceptors (Lipinski definition) is 6. The summed E-state index contributed by atoms with van der Waals surface area (Å²) >= 11 is 0. The Hall–Kier alpha value is -2.71. The quantitative estimate of drug-likeness (QED) is 0.670. The highest BCUT2D eigenvalue weighted by Gasteiger charge is 2.27. The predicted octanol–water partition coefficient (Wildman–Crippen LogP) is 3.20. The van der Waals surface area contributed by atoms with Crippen molar-refractivity contribution in [1.82, 2.24) is 14.4 Å². The minimum atomic E-state index is -3.43. The molecule has 2 aromatic carbocycles. The summed E-state index contributed by atoms with van der Waals surface area (Å²) in [5, 5.41) is 4.01. The van der Waals surface area contributed by atoms with E-state index >= 15 is 0 Å². The molecule has 0 saturated carbocycles. The largest absolute Gasteiger partial charge is 0.496 e. The number of ether oxygens (including phenoxy) is 1. The summed E-state index contributed by atoms with van der Waals surface area (Å²) in [6, 6.07) is 13.9. The summed E-state index contributed by atoms with van der Waals surface area (Å²) < 4.78 is 37.4. The molecule has 1 aliphatic heterocycles. The van der Waals surface area contributed by atoms with Crippen molar-refractivity contribution in [2.75, 3.05) is 20.2 Å². The van der Waals surface area contributed by atoms with Crippen molar-refractivity contribution in [3.8, 4) is 28.6 Å². The standard InChI is InChI=1S/C19H19N3O4S/c1-25-17-7-3-2-6-16(17)19-20-18(21-26-19)14-8-10-15(11-9-14)27(23,24)22-12-4-5-13-22/h2-3,6-11H,4-5,12-13H2,1H3. The second kappa shape index (κ2) is 7.13. The van der Waals surface area contributed by atoms with Crippen molar-refractivity contribution in [2.24, 2.45) is 0 Å². The van der Waals surface area contributed by atoms with Crippen LogP contribution in [0, 0.1) is 0 Å². The van der Waals surface area contributed by atoms with Gasteiger partial charge in [0.25, 0.3) is 5.89 Å². The summed E-state index contributed by atoms with van der Waals surface area (Å²) in [5.41, 5.74) is 1.38. The lowest BCUT2D eigenvalue weighted by Gasteiger charge is -2.15. The minimum absolute atomic E-state index is 0.279. The number of methoxy groups -OCH3 is 1. The molecule has 3 aromatic rings. The molecule has 7 nitrogen and oxygen atoms in total. The number of aromatic nitrogens is 2. The number of nitrogens with zero attached hydrogens (tertiary/aromatic N) is 3. The Morgan fingerprint density at radius 3 is 2.44 bits per heavy atom. The van der Waals surface area contributed by atoms with Gasteiger partial charge in [-0.25, -0.2) is 8.42 Å². The van der Waals surface area contributed by atoms with Gasteiger partial charge in [0.15, 0.2) is 0 Å². The van der Waals surface area contributed by atoms with Crippen LogP contribution in [-0.2, 0) is 10.0 Å². The molecular formula is C19H19N3O4S. The van der Waals surface area contributed by atoms with Gasteiger partial charge < -0.3 is 9.26 Å². The summed E-state index contributed by atoms with van der Waals surface area (Å²) in [7, 11) is -1.85. The molecule has 1 fully saturated rings. The van der Waals surface area contributed by atoms with Crippen molar-refractivity contribution in [2.45, 2.75) is 17.7 Å². The van der Waals surface area contributed by atoms with Gasteiger partial charge in [-0.2, -0.15) is 9.29 Å². The van der Waals surface area contributed by atoms with Crippen LogP contribution in [0.4, 0.5) is 0 Å². The first-order valence-electron chi connectivity index (χ1n) is 8.67. The van der Waals surface area contributed by atoms with Gasteiger partial charge in [0, 0.05) is 18.7 Å². The molecule has 1 aliphatic rings. The van der Waals surface area contributed by atoms with Crippen molar-refractivity contribution < 1.29 is 17.7 Å². The number of benzene rings is 2. The van der Waals surface area contributed by atoms with Crippen LogP contribution >= 0.6 is 0 Å². The van der Waals surface area contributed by atoms with Gasteiger partial charge in [-0.15, -0.1) is 0 Å². The molecule has 1 aromatic heterocycles. The van der Waals surface area contributed by atoms with Crippen LogP contribution in [0.1, 0.15) is 12.8 Å². The lowest BCUT2D eigenvalue weighted by molar-refractivity contribution is 0.405. The maximum atomic E-state index is 12.6. The fraction of sp³-hybridized carbons (Fsp3) is 0.263. The zero-order valence-corrected chi connectivity index (χ0v) is 15.6. The first-order chi connectivity index (χ1) is 13.1. The van der Waals surface area contributed by atoms with Gasteiger partial charge in [-0.1, -0.05) is 17.3 Å². The molecular weight excluding hydrogens is 366 g/mol. The number of hydrogen-bond donors (Lipinski definition) is 0. The summed E-state index contributed by atoms with van der Waals surface area (Å²) in [5.74, 6) is 1.37. The van der Waals surface area contributed by atoms with E-state index in [1.807, 2.05) is 24.3 Å². The fourth-order valence-corrected chi connectivity index (χ4v) is 4.64. The Balaban J connectivity index is 1.61. The maximum Gasteiger partial charge on any atom is 0.262 e. The van der Waals surface area contributed by atoms with E-state index < -0.39 is 10.0 Å². The molecule has 140 valence electrons. The average Bonchev–Trinajstić information content (AvgIpc) is 3.40. The third-order valence-electron chi connectivity index (χ3n) is 4.58. The average molecular weight is 385 g/mol. The van der Waals surface area contributed by atoms with E-state index in [0.717, 1.165) is 12.8 Å². The lowest BCUT2D eigenvalue weighted by atomic mass is 10.2. The highest BCUT2D eigenvalue weighted by Crippen LogP contribution is 2.30. The van der Waals surface area contributed by atoms with E-state index in [4.69, 9.17) is 9.26 Å². The van der Waals surface area contributed by atoms with E-state index in [9.17, 15) is 8.42 Å². The molecule has 0 radical (unpaired) electrons. The Kier molecular flexibility index (Phi) is 4.67. The van der Waals surface area contributed by atoms with Crippen LogP contribution in [-0.4, -0.2) is 43.1 Å². The Morgan fingerprint density at radius 2 is 1.74 bits per heavy atom. The van der Waals surface area contributed by atoms with Crippen LogP contribution in [0.2, 0.25) is 0 Å². The highest BCUT2D eigenvalue weighted by molar-refractivity contribution is 7.89. The topological polar surface area (TPSA) is 85.5 Å². The molecule has 0 bridgehead atoms. The van der Waals surface area contributed by atoms with Crippen molar-refractivity contribution >= 4 is 10.0 Å². The molecule has 0 amide bonds. The van der Waals surface area contributed by atoms with Gasteiger partial charge in [0.2, 0.25) is 15.8 Å². The lowest BCUT2D eigenvalue weighted by Crippen LogP contribution is -2.27. The van der Waals surface area contributed by atoms with E-state index in [0.29, 0.717) is 41.7 Å². The molecule has 27 heavy (non-hydrogen) atoms. The van der Waals surface area contributed by atoms with Gasteiger partial charge in [0.1, 0.15) is 5.75 Å². The molecule has 0 N–H and O–H groups in total. The van der Waals surface area contributed by atoms with Crippen LogP contribution in [0.15, 0.2) is 57.9 Å². The first kappa shape index (κ1) is 17.7. The predicted molar refractivity (Wildman–Crippen MR) is 99.7 cm³/mol. The van der Waals surface area contributed by atoms with Gasteiger partial charge >= 0.3 is 0 Å². The Bertz CT molecular complexity index is 1040. The summed E-state index contributed by atoms with van der Waals surface area (Å²) in [4.78, 5) is 4.69. The van der Waals surface area contributed by atoms with E-state index in [1.54, 1.807) is 31.4 Å². The fourth-order valence-electron chi connectivity index (χ4n) is 3.12. The number of rotatable bonds is 5. The highest BCUT2D eigenvalue weighted by atomic mass is 32.2. The van der Waals surface area contributed by atoms with Gasteiger partial charge in [-0.05, 0) is 49.2 Å². The molecule has 0 atom stereocenters. The van der Waals surface area contributed by atoms with Crippen molar-refractivity contribution in [3.05, 3.63) is 48.5 Å². The molecule has 8 heteroatoms. The maximum absolute atomic E-state index is 12.6. The molecule has 4 rings (SSSR count). The second-order valence-electron chi connectivity index (χ2n) is 6.26. The SMILES string of the molecule is COc1ccccc1-c1nc(-c2ccc(S(=O)(=O)N3CCCC3)cc2)no1. The monoisotopic (exact) mass is 385 g/mol. The van der Waals surface area contributed by atoms with Crippen LogP contribution in [0.3, 0.4) is 0 Å². The Morgan fingerprint density at radius 1 is 1.04 bits per heavy atom.